The fraction of sp³-hybridized carbons (Fsp3) is 0. The van der Waals surface area contributed by atoms with Crippen molar-refractivity contribution in [2.24, 2.45) is 0 Å². The molecule has 0 bridgehead atoms. The van der Waals surface area contributed by atoms with Crippen LogP contribution in [0.3, 0.4) is 0 Å². The Morgan fingerprint density at radius 1 is 0.351 bits per heavy atom. The average Bonchev–Trinajstić information content (AvgIpc) is 2.91. The van der Waals surface area contributed by atoms with Crippen LogP contribution in [0.5, 0.6) is 0 Å². The SMILES string of the molecule is [Nd].[OH+]=C([CH-]C(=[OH+])c1ccccc1)c1ccccc1.[OH+]=C([CH-]C(=[OH+])c1ccccc1)c1ccccc1.[OH-].[OH-]. The first-order valence-corrected chi connectivity index (χ1v) is 10.7. The molecule has 4 aromatic rings. The molecule has 0 aliphatic carbocycles. The standard InChI is InChI=1S/2C15H11O2.Nd.2H2O/c2*16-14(12-7-3-1-4-8-12)11-15(17)13-9-5-2-6-10-13;;;/h2*1-11H;;2*1H2/q2*-1;;;/p+2. The summed E-state index contributed by atoms with van der Waals surface area (Å²) < 4.78 is 0. The summed E-state index contributed by atoms with van der Waals surface area (Å²) in [6.07, 6.45) is 2.70. The molecule has 4 rings (SSSR count). The summed E-state index contributed by atoms with van der Waals surface area (Å²) in [7, 11) is 0. The van der Waals surface area contributed by atoms with E-state index in [0.717, 1.165) is 0 Å². The van der Waals surface area contributed by atoms with Crippen LogP contribution >= 0.6 is 0 Å². The fourth-order valence-corrected chi connectivity index (χ4v) is 3.03. The van der Waals surface area contributed by atoms with Crippen molar-refractivity contribution in [3.63, 3.8) is 0 Å². The average molecular weight is 629 g/mol. The summed E-state index contributed by atoms with van der Waals surface area (Å²) in [6.45, 7) is 0. The Balaban J connectivity index is 0.000000648. The number of rotatable bonds is 8. The molecule has 0 atom stereocenters. The van der Waals surface area contributed by atoms with Gasteiger partial charge in [0.05, 0.1) is 0 Å². The van der Waals surface area contributed by atoms with E-state index in [0.29, 0.717) is 22.3 Å². The summed E-state index contributed by atoms with van der Waals surface area (Å²) in [6, 6.07) is 36.4. The Kier molecular flexibility index (Phi) is 16.3. The minimum Gasteiger partial charge on any atom is -0.870 e. The van der Waals surface area contributed by atoms with E-state index in [1.807, 2.05) is 72.8 Å². The fourth-order valence-electron chi connectivity index (χ4n) is 3.03. The van der Waals surface area contributed by atoms with E-state index in [1.54, 1.807) is 48.5 Å². The van der Waals surface area contributed by atoms with Crippen molar-refractivity contribution in [1.82, 2.24) is 0 Å². The van der Waals surface area contributed by atoms with Gasteiger partial charge in [0.15, 0.2) is 0 Å². The largest absolute Gasteiger partial charge is 0.870 e. The van der Waals surface area contributed by atoms with E-state index < -0.39 is 0 Å². The van der Waals surface area contributed by atoms with Crippen LogP contribution in [0.2, 0.25) is 0 Å². The van der Waals surface area contributed by atoms with E-state index in [1.165, 1.54) is 12.8 Å². The van der Waals surface area contributed by atoms with Gasteiger partial charge in [-0.2, -0.15) is 0 Å². The smallest absolute Gasteiger partial charge is 0.255 e. The van der Waals surface area contributed by atoms with Crippen molar-refractivity contribution in [2.45, 2.75) is 0 Å². The zero-order valence-corrected chi connectivity index (χ0v) is 23.1. The Labute approximate surface area is 248 Å². The molecule has 0 fully saturated rings. The third-order valence-electron chi connectivity index (χ3n) is 4.83. The molecule has 0 heterocycles. The van der Waals surface area contributed by atoms with E-state index in [4.69, 9.17) is 0 Å². The van der Waals surface area contributed by atoms with Crippen molar-refractivity contribution in [3.05, 3.63) is 156 Å². The summed E-state index contributed by atoms with van der Waals surface area (Å²) in [5.74, 6) is 0.192. The number of carbonyl (C=O) groups excluding carboxylic acids is 4. The predicted molar refractivity (Wildman–Crippen MR) is 142 cm³/mol. The zero-order chi connectivity index (χ0) is 24.2. The summed E-state index contributed by atoms with van der Waals surface area (Å²) >= 11 is 0. The van der Waals surface area contributed by atoms with Crippen LogP contribution in [0.15, 0.2) is 121 Å². The first kappa shape index (κ1) is 33.6. The maximum absolute atomic E-state index is 9.83. The Hall–Kier alpha value is -3.43. The summed E-state index contributed by atoms with van der Waals surface area (Å²) in [5.41, 5.74) is 2.70. The van der Waals surface area contributed by atoms with Gasteiger partial charge in [-0.05, 0) is 22.3 Å². The molecular weight excluding hydrogens is 601 g/mol. The molecule has 7 heteroatoms. The molecule has 0 unspecified atom stereocenters. The monoisotopic (exact) mass is 626 g/mol. The van der Waals surface area contributed by atoms with Gasteiger partial charge in [-0.15, -0.1) is 48.5 Å². The van der Waals surface area contributed by atoms with Crippen molar-refractivity contribution < 1.29 is 71.0 Å². The van der Waals surface area contributed by atoms with Crippen molar-refractivity contribution in [1.29, 1.82) is 0 Å². The number of benzene rings is 4. The van der Waals surface area contributed by atoms with Crippen LogP contribution in [-0.4, -0.2) is 53.3 Å². The van der Waals surface area contributed by atoms with Crippen LogP contribution in [0.4, 0.5) is 0 Å². The maximum Gasteiger partial charge on any atom is 0.255 e. The van der Waals surface area contributed by atoms with Crippen molar-refractivity contribution >= 4 is 23.1 Å². The molecule has 0 radical (unpaired) electrons. The van der Waals surface area contributed by atoms with Gasteiger partial charge in [-0.25, -0.2) is 0 Å². The van der Waals surface area contributed by atoms with E-state index in [9.17, 15) is 19.2 Å². The van der Waals surface area contributed by atoms with Gasteiger partial charge in [0.2, 0.25) is 0 Å². The third kappa shape index (κ3) is 11.0. The summed E-state index contributed by atoms with van der Waals surface area (Å²) in [4.78, 5) is 39.3. The Morgan fingerprint density at radius 2 is 0.514 bits per heavy atom. The Bertz CT molecular complexity index is 1040. The topological polar surface area (TPSA) is 146 Å². The molecule has 0 aliphatic heterocycles. The van der Waals surface area contributed by atoms with Crippen LogP contribution in [0.1, 0.15) is 22.3 Å². The third-order valence-corrected chi connectivity index (χ3v) is 4.83. The van der Waals surface area contributed by atoms with Crippen LogP contribution in [0, 0.1) is 53.7 Å². The first-order chi connectivity index (χ1) is 16.5. The second kappa shape index (κ2) is 17.9. The van der Waals surface area contributed by atoms with Crippen LogP contribution in [0.25, 0.3) is 0 Å². The molecule has 4 aromatic carbocycles. The van der Waals surface area contributed by atoms with E-state index in [2.05, 4.69) is 0 Å². The van der Waals surface area contributed by atoms with Gasteiger partial charge in [0, 0.05) is 53.7 Å². The number of hydrogen-bond donors (Lipinski definition) is 0. The van der Waals surface area contributed by atoms with Crippen molar-refractivity contribution in [3.8, 4) is 0 Å². The molecule has 0 amide bonds. The maximum atomic E-state index is 9.83. The molecule has 0 saturated carbocycles. The van der Waals surface area contributed by atoms with Crippen LogP contribution < -0.4 is 0 Å². The molecule has 0 aliphatic rings. The quantitative estimate of drug-likeness (QED) is 0.123. The van der Waals surface area contributed by atoms with E-state index in [-0.39, 0.29) is 74.9 Å². The molecule has 0 spiro atoms. The molecule has 0 aromatic heterocycles. The molecule has 6 N–H and O–H groups in total. The summed E-state index contributed by atoms with van der Waals surface area (Å²) in [5, 5.41) is 0. The first-order valence-electron chi connectivity index (χ1n) is 10.7. The van der Waals surface area contributed by atoms with Gasteiger partial charge in [0.1, 0.15) is 0 Å². The predicted octanol–water partition coefficient (Wildman–Crippen LogP) is 4.40. The second-order valence-corrected chi connectivity index (χ2v) is 7.29. The van der Waals surface area contributed by atoms with E-state index >= 15 is 0 Å². The second-order valence-electron chi connectivity index (χ2n) is 7.29. The van der Waals surface area contributed by atoms with Gasteiger partial charge < -0.3 is 30.1 Å². The Morgan fingerprint density at radius 3 is 0.676 bits per heavy atom. The molecular formula is C30H28NdO6. The van der Waals surface area contributed by atoms with Crippen LogP contribution in [-0.2, 0) is 0 Å². The van der Waals surface area contributed by atoms with Crippen molar-refractivity contribution in [2.75, 3.05) is 0 Å². The van der Waals surface area contributed by atoms with Gasteiger partial charge in [0.25, 0.3) is 23.1 Å². The molecule has 188 valence electrons. The molecule has 0 saturated heterocycles. The zero-order valence-electron chi connectivity index (χ0n) is 19.9. The normalized spacial score (nSPS) is 8.86. The molecule has 37 heavy (non-hydrogen) atoms. The molecule has 6 nitrogen and oxygen atoms in total. The number of ketones is 4. The van der Waals surface area contributed by atoms with Gasteiger partial charge >= 0.3 is 0 Å². The van der Waals surface area contributed by atoms with Gasteiger partial charge in [-0.3, -0.25) is 0 Å². The number of hydrogen-bond acceptors (Lipinski definition) is 2. The van der Waals surface area contributed by atoms with Gasteiger partial charge in [-0.1, -0.05) is 72.8 Å². The minimum atomic E-state index is 0. The minimum absolute atomic E-state index is 0.